The third-order valence-electron chi connectivity index (χ3n) is 3.89. The second kappa shape index (κ2) is 5.47. The molecule has 1 fully saturated rings. The molecule has 0 saturated carbocycles. The number of nitrogens with zero attached hydrogens (tertiary/aromatic N) is 3. The molecule has 0 amide bonds. The summed E-state index contributed by atoms with van der Waals surface area (Å²) in [5.74, 6) is 0.464. The van der Waals surface area contributed by atoms with Crippen LogP contribution < -0.4 is 10.6 Å². The van der Waals surface area contributed by atoms with Crippen LogP contribution in [0.25, 0.3) is 0 Å². The number of anilines is 2. The summed E-state index contributed by atoms with van der Waals surface area (Å²) >= 11 is 1.32. The molecule has 0 aliphatic carbocycles. The van der Waals surface area contributed by atoms with Gasteiger partial charge in [-0.3, -0.25) is 0 Å². The van der Waals surface area contributed by atoms with Crippen LogP contribution in [-0.4, -0.2) is 13.1 Å². The fourth-order valence-electron chi connectivity index (χ4n) is 2.79. The molecule has 21 heavy (non-hydrogen) atoms. The molecule has 3 rings (SSSR count). The van der Waals surface area contributed by atoms with E-state index in [0.29, 0.717) is 22.0 Å². The largest absolute Gasteiger partial charge is 0.396 e. The fraction of sp³-hybridized carbons (Fsp3) is 0.250. The van der Waals surface area contributed by atoms with Gasteiger partial charge in [-0.25, -0.2) is 0 Å². The Hall–Kier alpha value is -2.50. The topological polar surface area (TPSA) is 76.8 Å². The van der Waals surface area contributed by atoms with Crippen LogP contribution in [0.1, 0.15) is 28.3 Å². The SMILES string of the molecule is N#Cc1sc(N2CCC(c3ccccc3)C2)c(C#N)c1N. The highest BCUT2D eigenvalue weighted by Crippen LogP contribution is 2.40. The maximum atomic E-state index is 9.29. The number of nitrogens with two attached hydrogens (primary N) is 1. The Morgan fingerprint density at radius 3 is 2.62 bits per heavy atom. The fourth-order valence-corrected chi connectivity index (χ4v) is 3.79. The smallest absolute Gasteiger partial charge is 0.131 e. The minimum Gasteiger partial charge on any atom is -0.396 e. The van der Waals surface area contributed by atoms with Gasteiger partial charge in [-0.1, -0.05) is 30.3 Å². The summed E-state index contributed by atoms with van der Waals surface area (Å²) in [4.78, 5) is 2.61. The van der Waals surface area contributed by atoms with E-state index in [0.717, 1.165) is 24.5 Å². The minimum atomic E-state index is 0.322. The average molecular weight is 294 g/mol. The van der Waals surface area contributed by atoms with Crippen LogP contribution in [0.15, 0.2) is 30.3 Å². The van der Waals surface area contributed by atoms with Crippen LogP contribution in [-0.2, 0) is 0 Å². The number of rotatable bonds is 2. The van der Waals surface area contributed by atoms with Crippen molar-refractivity contribution in [2.75, 3.05) is 23.7 Å². The molecular weight excluding hydrogens is 280 g/mol. The number of hydrogen-bond donors (Lipinski definition) is 1. The normalized spacial score (nSPS) is 17.4. The van der Waals surface area contributed by atoms with Crippen molar-refractivity contribution in [3.63, 3.8) is 0 Å². The molecule has 104 valence electrons. The van der Waals surface area contributed by atoms with Crippen molar-refractivity contribution >= 4 is 22.0 Å². The molecule has 1 aliphatic rings. The van der Waals surface area contributed by atoms with Crippen molar-refractivity contribution in [1.82, 2.24) is 0 Å². The molecule has 1 aliphatic heterocycles. The molecule has 5 heteroatoms. The molecule has 1 aromatic heterocycles. The predicted octanol–water partition coefficient (Wildman–Crippen LogP) is 3.07. The van der Waals surface area contributed by atoms with Crippen molar-refractivity contribution in [2.45, 2.75) is 12.3 Å². The van der Waals surface area contributed by atoms with Crippen molar-refractivity contribution in [1.29, 1.82) is 10.5 Å². The Kier molecular flexibility index (Phi) is 3.51. The summed E-state index contributed by atoms with van der Waals surface area (Å²) in [6.45, 7) is 1.75. The highest BCUT2D eigenvalue weighted by molar-refractivity contribution is 7.17. The summed E-state index contributed by atoms with van der Waals surface area (Å²) < 4.78 is 0. The molecule has 1 unspecified atom stereocenters. The molecule has 2 N–H and O–H groups in total. The van der Waals surface area contributed by atoms with E-state index in [1.165, 1.54) is 16.9 Å². The Labute approximate surface area is 127 Å². The van der Waals surface area contributed by atoms with Crippen LogP contribution in [0, 0.1) is 22.7 Å². The Bertz CT molecular complexity index is 736. The minimum absolute atomic E-state index is 0.322. The van der Waals surface area contributed by atoms with Gasteiger partial charge in [0.05, 0.1) is 5.69 Å². The molecular formula is C16H14N4S. The molecule has 0 radical (unpaired) electrons. The summed E-state index contributed by atoms with van der Waals surface area (Å²) in [5, 5.41) is 19.2. The Morgan fingerprint density at radius 1 is 1.19 bits per heavy atom. The van der Waals surface area contributed by atoms with E-state index in [2.05, 4.69) is 41.3 Å². The quantitative estimate of drug-likeness (QED) is 0.923. The van der Waals surface area contributed by atoms with Crippen LogP contribution >= 0.6 is 11.3 Å². The first-order valence-corrected chi connectivity index (χ1v) is 7.58. The highest BCUT2D eigenvalue weighted by atomic mass is 32.1. The molecule has 2 heterocycles. The van der Waals surface area contributed by atoms with Crippen molar-refractivity contribution in [2.24, 2.45) is 0 Å². The first-order valence-electron chi connectivity index (χ1n) is 6.77. The van der Waals surface area contributed by atoms with E-state index in [4.69, 9.17) is 11.0 Å². The van der Waals surface area contributed by atoms with Gasteiger partial charge >= 0.3 is 0 Å². The second-order valence-corrected chi connectivity index (χ2v) is 6.09. The van der Waals surface area contributed by atoms with E-state index in [1.54, 1.807) is 0 Å². The summed E-state index contributed by atoms with van der Waals surface area (Å²) in [7, 11) is 0. The number of nitrogen functional groups attached to an aromatic ring is 1. The number of thiophene rings is 1. The van der Waals surface area contributed by atoms with E-state index in [9.17, 15) is 5.26 Å². The molecule has 0 spiro atoms. The lowest BCUT2D eigenvalue weighted by Crippen LogP contribution is -2.19. The van der Waals surface area contributed by atoms with Crippen LogP contribution in [0.3, 0.4) is 0 Å². The van der Waals surface area contributed by atoms with Gasteiger partial charge in [0.2, 0.25) is 0 Å². The van der Waals surface area contributed by atoms with Gasteiger partial charge in [0.15, 0.2) is 0 Å². The zero-order valence-electron chi connectivity index (χ0n) is 11.4. The van der Waals surface area contributed by atoms with Crippen LogP contribution in [0.5, 0.6) is 0 Å². The van der Waals surface area contributed by atoms with Gasteiger partial charge < -0.3 is 10.6 Å². The lowest BCUT2D eigenvalue weighted by atomic mass is 9.99. The van der Waals surface area contributed by atoms with Crippen LogP contribution in [0.2, 0.25) is 0 Å². The van der Waals surface area contributed by atoms with Gasteiger partial charge in [0, 0.05) is 19.0 Å². The van der Waals surface area contributed by atoms with E-state index in [1.807, 2.05) is 6.07 Å². The van der Waals surface area contributed by atoms with E-state index < -0.39 is 0 Å². The summed E-state index contributed by atoms with van der Waals surface area (Å²) in [6.07, 6.45) is 1.05. The van der Waals surface area contributed by atoms with Gasteiger partial charge in [-0.05, 0) is 12.0 Å². The predicted molar refractivity (Wildman–Crippen MR) is 84.2 cm³/mol. The third kappa shape index (κ3) is 2.33. The Morgan fingerprint density at radius 2 is 1.95 bits per heavy atom. The first-order chi connectivity index (χ1) is 10.2. The summed E-state index contributed by atoms with van der Waals surface area (Å²) in [6, 6.07) is 14.6. The molecule has 1 atom stereocenters. The lowest BCUT2D eigenvalue weighted by molar-refractivity contribution is 0.775. The monoisotopic (exact) mass is 294 g/mol. The summed E-state index contributed by atoms with van der Waals surface area (Å²) in [5.41, 5.74) is 7.97. The van der Waals surface area contributed by atoms with Gasteiger partial charge in [-0.15, -0.1) is 11.3 Å². The third-order valence-corrected chi connectivity index (χ3v) is 5.06. The second-order valence-electron chi connectivity index (χ2n) is 5.09. The van der Waals surface area contributed by atoms with E-state index >= 15 is 0 Å². The zero-order chi connectivity index (χ0) is 14.8. The van der Waals surface area contributed by atoms with Crippen molar-refractivity contribution in [3.8, 4) is 12.1 Å². The van der Waals surface area contributed by atoms with Gasteiger partial charge in [-0.2, -0.15) is 10.5 Å². The first kappa shape index (κ1) is 13.5. The maximum Gasteiger partial charge on any atom is 0.131 e. The molecule has 1 saturated heterocycles. The van der Waals surface area contributed by atoms with E-state index in [-0.39, 0.29) is 0 Å². The average Bonchev–Trinajstić information content (AvgIpc) is 3.12. The van der Waals surface area contributed by atoms with Gasteiger partial charge in [0.1, 0.15) is 27.6 Å². The number of nitriles is 2. The molecule has 0 bridgehead atoms. The Balaban J connectivity index is 1.88. The molecule has 2 aromatic rings. The molecule has 1 aromatic carbocycles. The highest BCUT2D eigenvalue weighted by Gasteiger charge is 2.28. The van der Waals surface area contributed by atoms with Crippen LogP contribution in [0.4, 0.5) is 10.7 Å². The lowest BCUT2D eigenvalue weighted by Gasteiger charge is -2.17. The van der Waals surface area contributed by atoms with Crippen molar-refractivity contribution < 1.29 is 0 Å². The number of benzene rings is 1. The zero-order valence-corrected chi connectivity index (χ0v) is 12.2. The number of hydrogen-bond acceptors (Lipinski definition) is 5. The maximum absolute atomic E-state index is 9.29. The van der Waals surface area contributed by atoms with Gasteiger partial charge in [0.25, 0.3) is 0 Å². The standard InChI is InChI=1S/C16H14N4S/c17-8-13-15(19)14(9-18)21-16(13)20-7-6-12(10-20)11-4-2-1-3-5-11/h1-5,12H,6-7,10,19H2. The molecule has 4 nitrogen and oxygen atoms in total. The van der Waals surface area contributed by atoms with Crippen molar-refractivity contribution in [3.05, 3.63) is 46.3 Å².